The summed E-state index contributed by atoms with van der Waals surface area (Å²) in [5.41, 5.74) is 6.20. The van der Waals surface area contributed by atoms with Gasteiger partial charge < -0.3 is 16.3 Å². The predicted molar refractivity (Wildman–Crippen MR) is 80.2 cm³/mol. The minimum Gasteiger partial charge on any atom is -0.409 e. The van der Waals surface area contributed by atoms with Gasteiger partial charge >= 0.3 is 0 Å². The third kappa shape index (κ3) is 3.32. The third-order valence-electron chi connectivity index (χ3n) is 4.20. The number of nitrogens with two attached hydrogens (primary N) is 1. The number of hydrogen-bond donors (Lipinski definition) is 3. The van der Waals surface area contributed by atoms with E-state index < -0.39 is 5.54 Å². The molecule has 1 fully saturated rings. The van der Waals surface area contributed by atoms with Gasteiger partial charge in [-0.2, -0.15) is 0 Å². The highest BCUT2D eigenvalue weighted by molar-refractivity contribution is 5.99. The molecule has 1 saturated carbocycles. The van der Waals surface area contributed by atoms with Gasteiger partial charge in [0.15, 0.2) is 5.84 Å². The molecule has 4 N–H and O–H groups in total. The molecule has 0 unspecified atom stereocenters. The maximum Gasteiger partial charge on any atom is 0.270 e. The SMILES string of the molecule is Cc1cccc(C(=O)NC2(/C(N)=N/O)CCC(C)CC2)n1. The first-order chi connectivity index (χ1) is 9.97. The van der Waals surface area contributed by atoms with E-state index >= 15 is 0 Å². The molecule has 6 heteroatoms. The monoisotopic (exact) mass is 290 g/mol. The van der Waals surface area contributed by atoms with E-state index in [4.69, 9.17) is 10.9 Å². The topological polar surface area (TPSA) is 101 Å². The van der Waals surface area contributed by atoms with Crippen LogP contribution in [0.2, 0.25) is 0 Å². The van der Waals surface area contributed by atoms with Crippen molar-refractivity contribution in [3.8, 4) is 0 Å². The summed E-state index contributed by atoms with van der Waals surface area (Å²) in [6.45, 7) is 4.00. The Morgan fingerprint density at radius 1 is 1.48 bits per heavy atom. The van der Waals surface area contributed by atoms with Gasteiger partial charge in [-0.1, -0.05) is 18.1 Å². The van der Waals surface area contributed by atoms with Gasteiger partial charge in [0, 0.05) is 5.69 Å². The Kier molecular flexibility index (Phi) is 4.45. The first-order valence-corrected chi connectivity index (χ1v) is 7.21. The minimum absolute atomic E-state index is 0.0652. The van der Waals surface area contributed by atoms with Gasteiger partial charge in [-0.15, -0.1) is 0 Å². The molecule has 1 aromatic heterocycles. The molecule has 1 aromatic rings. The number of nitrogens with one attached hydrogen (secondary N) is 1. The van der Waals surface area contributed by atoms with E-state index in [1.807, 2.05) is 13.0 Å². The van der Waals surface area contributed by atoms with Crippen molar-refractivity contribution in [2.24, 2.45) is 16.8 Å². The van der Waals surface area contributed by atoms with Gasteiger partial charge in [-0.25, -0.2) is 4.98 Å². The van der Waals surface area contributed by atoms with Crippen molar-refractivity contribution < 1.29 is 10.0 Å². The number of oxime groups is 1. The average molecular weight is 290 g/mol. The van der Waals surface area contributed by atoms with E-state index in [-0.39, 0.29) is 11.7 Å². The fourth-order valence-corrected chi connectivity index (χ4v) is 2.75. The molecular formula is C15H22N4O2. The molecule has 21 heavy (non-hydrogen) atoms. The Bertz CT molecular complexity index is 548. The highest BCUT2D eigenvalue weighted by Crippen LogP contribution is 2.32. The highest BCUT2D eigenvalue weighted by Gasteiger charge is 2.40. The number of hydrogen-bond acceptors (Lipinski definition) is 4. The summed E-state index contributed by atoms with van der Waals surface area (Å²) in [7, 11) is 0. The van der Waals surface area contributed by atoms with Crippen LogP contribution in [-0.4, -0.2) is 27.5 Å². The Morgan fingerprint density at radius 3 is 2.71 bits per heavy atom. The summed E-state index contributed by atoms with van der Waals surface area (Å²) >= 11 is 0. The van der Waals surface area contributed by atoms with Crippen LogP contribution in [0, 0.1) is 12.8 Å². The zero-order valence-electron chi connectivity index (χ0n) is 12.5. The lowest BCUT2D eigenvalue weighted by Gasteiger charge is -2.38. The van der Waals surface area contributed by atoms with Crippen LogP contribution in [0.15, 0.2) is 23.4 Å². The van der Waals surface area contributed by atoms with Gasteiger partial charge in [0.1, 0.15) is 11.2 Å². The number of carbonyl (C=O) groups is 1. The molecule has 0 atom stereocenters. The number of nitrogens with zero attached hydrogens (tertiary/aromatic N) is 2. The van der Waals surface area contributed by atoms with Gasteiger partial charge in [-0.3, -0.25) is 4.79 Å². The molecule has 1 aliphatic carbocycles. The van der Waals surface area contributed by atoms with Crippen molar-refractivity contribution in [3.05, 3.63) is 29.6 Å². The Balaban J connectivity index is 2.21. The molecule has 0 saturated heterocycles. The van der Waals surface area contributed by atoms with E-state index in [1.165, 1.54) is 0 Å². The summed E-state index contributed by atoms with van der Waals surface area (Å²) in [5.74, 6) is 0.355. The molecule has 1 amide bonds. The second-order valence-electron chi connectivity index (χ2n) is 5.87. The minimum atomic E-state index is -0.774. The number of carbonyl (C=O) groups excluding carboxylic acids is 1. The Morgan fingerprint density at radius 2 is 2.14 bits per heavy atom. The Hall–Kier alpha value is -2.11. The van der Waals surface area contributed by atoms with Crippen LogP contribution in [0.5, 0.6) is 0 Å². The van der Waals surface area contributed by atoms with Crippen molar-refractivity contribution in [1.29, 1.82) is 0 Å². The second-order valence-corrected chi connectivity index (χ2v) is 5.87. The average Bonchev–Trinajstić information content (AvgIpc) is 2.49. The number of rotatable bonds is 3. The van der Waals surface area contributed by atoms with Crippen LogP contribution < -0.4 is 11.1 Å². The number of pyridine rings is 1. The van der Waals surface area contributed by atoms with E-state index in [9.17, 15) is 4.79 Å². The Labute approximate surface area is 124 Å². The maximum absolute atomic E-state index is 12.4. The quantitative estimate of drug-likeness (QED) is 0.342. The smallest absolute Gasteiger partial charge is 0.270 e. The highest BCUT2D eigenvalue weighted by atomic mass is 16.4. The van der Waals surface area contributed by atoms with Crippen molar-refractivity contribution in [1.82, 2.24) is 10.3 Å². The van der Waals surface area contributed by atoms with Crippen LogP contribution in [0.25, 0.3) is 0 Å². The van der Waals surface area contributed by atoms with E-state index in [1.54, 1.807) is 12.1 Å². The molecule has 2 rings (SSSR count). The maximum atomic E-state index is 12.4. The molecule has 0 aromatic carbocycles. The van der Waals surface area contributed by atoms with Crippen LogP contribution >= 0.6 is 0 Å². The lowest BCUT2D eigenvalue weighted by molar-refractivity contribution is 0.0892. The first-order valence-electron chi connectivity index (χ1n) is 7.21. The number of amides is 1. The normalized spacial score (nSPS) is 26.4. The van der Waals surface area contributed by atoms with Crippen LogP contribution in [0.4, 0.5) is 0 Å². The molecule has 0 bridgehead atoms. The van der Waals surface area contributed by atoms with Gasteiger partial charge in [0.25, 0.3) is 5.91 Å². The van der Waals surface area contributed by atoms with Gasteiger partial charge in [0.2, 0.25) is 0 Å². The fourth-order valence-electron chi connectivity index (χ4n) is 2.75. The molecule has 1 heterocycles. The lowest BCUT2D eigenvalue weighted by Crippen LogP contribution is -2.59. The number of aryl methyl sites for hydroxylation is 1. The molecular weight excluding hydrogens is 268 g/mol. The van der Waals surface area contributed by atoms with Gasteiger partial charge in [0.05, 0.1) is 0 Å². The zero-order valence-corrected chi connectivity index (χ0v) is 12.5. The summed E-state index contributed by atoms with van der Waals surface area (Å²) in [6, 6.07) is 5.28. The lowest BCUT2D eigenvalue weighted by atomic mass is 9.76. The predicted octanol–water partition coefficient (Wildman–Crippen LogP) is 1.82. The summed E-state index contributed by atoms with van der Waals surface area (Å²) in [4.78, 5) is 16.6. The van der Waals surface area contributed by atoms with Crippen molar-refractivity contribution in [2.45, 2.75) is 45.1 Å². The largest absolute Gasteiger partial charge is 0.409 e. The summed E-state index contributed by atoms with van der Waals surface area (Å²) in [6.07, 6.45) is 3.19. The number of aromatic nitrogens is 1. The van der Waals surface area contributed by atoms with E-state index in [2.05, 4.69) is 22.4 Å². The molecule has 0 spiro atoms. The fraction of sp³-hybridized carbons (Fsp3) is 0.533. The van der Waals surface area contributed by atoms with Crippen molar-refractivity contribution >= 4 is 11.7 Å². The van der Waals surface area contributed by atoms with Crippen LogP contribution in [0.1, 0.15) is 48.8 Å². The van der Waals surface area contributed by atoms with Crippen molar-refractivity contribution in [2.75, 3.05) is 0 Å². The standard InChI is InChI=1S/C15H22N4O2/c1-10-6-8-15(9-7-10,14(16)19-21)18-13(20)12-5-3-4-11(2)17-12/h3-5,10,21H,6-9H2,1-2H3,(H2,16,19)(H,18,20). The van der Waals surface area contributed by atoms with Crippen LogP contribution in [0.3, 0.4) is 0 Å². The summed E-state index contributed by atoms with van der Waals surface area (Å²) < 4.78 is 0. The second kappa shape index (κ2) is 6.11. The molecule has 0 aliphatic heterocycles. The molecule has 114 valence electrons. The number of amidine groups is 1. The van der Waals surface area contributed by atoms with Crippen LogP contribution in [-0.2, 0) is 0 Å². The first kappa shape index (κ1) is 15.3. The van der Waals surface area contributed by atoms with E-state index in [0.29, 0.717) is 24.5 Å². The molecule has 0 radical (unpaired) electrons. The van der Waals surface area contributed by atoms with Gasteiger partial charge in [-0.05, 0) is 50.7 Å². The zero-order chi connectivity index (χ0) is 15.5. The van der Waals surface area contributed by atoms with E-state index in [0.717, 1.165) is 18.5 Å². The third-order valence-corrected chi connectivity index (χ3v) is 4.20. The summed E-state index contributed by atoms with van der Waals surface area (Å²) in [5, 5.41) is 15.1. The molecule has 6 nitrogen and oxygen atoms in total. The van der Waals surface area contributed by atoms with Crippen molar-refractivity contribution in [3.63, 3.8) is 0 Å². The molecule has 1 aliphatic rings.